The molecule has 2 atom stereocenters. The molecule has 0 unspecified atom stereocenters. The lowest BCUT2D eigenvalue weighted by atomic mass is 9.91. The first-order valence-electron chi connectivity index (χ1n) is 8.27. The summed E-state index contributed by atoms with van der Waals surface area (Å²) in [4.78, 5) is 31.1. The lowest BCUT2D eigenvalue weighted by Crippen LogP contribution is -2.49. The van der Waals surface area contributed by atoms with Crippen molar-refractivity contribution >= 4 is 11.8 Å². The summed E-state index contributed by atoms with van der Waals surface area (Å²) in [7, 11) is 3.88. The number of carbonyl (C=O) groups is 2. The number of benzene rings is 1. The SMILES string of the molecule is Cc1ccc([C@H]2[C@@H](C(=O)N3CCN(C)CC3)CC(=O)N2C)cc1. The summed E-state index contributed by atoms with van der Waals surface area (Å²) in [5, 5.41) is 0. The van der Waals surface area contributed by atoms with Crippen molar-refractivity contribution in [1.82, 2.24) is 14.7 Å². The topological polar surface area (TPSA) is 43.9 Å². The van der Waals surface area contributed by atoms with Crippen molar-refractivity contribution in [3.05, 3.63) is 35.4 Å². The maximum atomic E-state index is 13.0. The van der Waals surface area contributed by atoms with Crippen LogP contribution in [-0.4, -0.2) is 66.8 Å². The van der Waals surface area contributed by atoms with Crippen LogP contribution in [0.1, 0.15) is 23.6 Å². The van der Waals surface area contributed by atoms with Crippen molar-refractivity contribution < 1.29 is 9.59 Å². The molecule has 2 fully saturated rings. The molecule has 1 aromatic rings. The molecule has 0 aromatic heterocycles. The predicted octanol–water partition coefficient (Wildman–Crippen LogP) is 1.29. The van der Waals surface area contributed by atoms with Gasteiger partial charge in [-0.2, -0.15) is 0 Å². The number of likely N-dealkylation sites (N-methyl/N-ethyl adjacent to an activating group) is 1. The molecule has 2 heterocycles. The van der Waals surface area contributed by atoms with E-state index in [9.17, 15) is 9.59 Å². The Morgan fingerprint density at radius 3 is 2.26 bits per heavy atom. The maximum absolute atomic E-state index is 13.0. The van der Waals surface area contributed by atoms with Crippen molar-refractivity contribution in [2.24, 2.45) is 5.92 Å². The van der Waals surface area contributed by atoms with Crippen LogP contribution in [0.5, 0.6) is 0 Å². The minimum atomic E-state index is -0.265. The van der Waals surface area contributed by atoms with Gasteiger partial charge in [0.15, 0.2) is 0 Å². The van der Waals surface area contributed by atoms with E-state index in [0.717, 1.165) is 31.7 Å². The summed E-state index contributed by atoms with van der Waals surface area (Å²) in [6.45, 7) is 5.35. The summed E-state index contributed by atoms with van der Waals surface area (Å²) >= 11 is 0. The van der Waals surface area contributed by atoms with Gasteiger partial charge in [0.05, 0.1) is 12.0 Å². The smallest absolute Gasteiger partial charge is 0.228 e. The van der Waals surface area contributed by atoms with Crippen molar-refractivity contribution in [2.75, 3.05) is 40.3 Å². The lowest BCUT2D eigenvalue weighted by Gasteiger charge is -2.35. The van der Waals surface area contributed by atoms with E-state index in [1.807, 2.05) is 43.1 Å². The number of aryl methyl sites for hydroxylation is 1. The van der Waals surface area contributed by atoms with Gasteiger partial charge >= 0.3 is 0 Å². The average molecular weight is 315 g/mol. The number of nitrogens with zero attached hydrogens (tertiary/aromatic N) is 3. The Labute approximate surface area is 137 Å². The third-order valence-corrected chi connectivity index (χ3v) is 5.14. The van der Waals surface area contributed by atoms with Gasteiger partial charge in [-0.05, 0) is 19.5 Å². The fourth-order valence-electron chi connectivity index (χ4n) is 3.57. The van der Waals surface area contributed by atoms with E-state index in [2.05, 4.69) is 11.9 Å². The lowest BCUT2D eigenvalue weighted by molar-refractivity contribution is -0.138. The number of rotatable bonds is 2. The van der Waals surface area contributed by atoms with E-state index in [1.54, 1.807) is 4.90 Å². The van der Waals surface area contributed by atoms with Crippen molar-refractivity contribution in [2.45, 2.75) is 19.4 Å². The first-order valence-corrected chi connectivity index (χ1v) is 8.27. The van der Waals surface area contributed by atoms with E-state index in [0.29, 0.717) is 6.42 Å². The number of hydrogen-bond acceptors (Lipinski definition) is 3. The number of likely N-dealkylation sites (tertiary alicyclic amines) is 1. The van der Waals surface area contributed by atoms with Crippen LogP contribution in [0.25, 0.3) is 0 Å². The summed E-state index contributed by atoms with van der Waals surface area (Å²) in [6, 6.07) is 8.03. The van der Waals surface area contributed by atoms with Crippen LogP contribution in [0.3, 0.4) is 0 Å². The number of amides is 2. The molecular weight excluding hydrogens is 290 g/mol. The quantitative estimate of drug-likeness (QED) is 0.826. The van der Waals surface area contributed by atoms with Crippen LogP contribution in [0.15, 0.2) is 24.3 Å². The fourth-order valence-corrected chi connectivity index (χ4v) is 3.57. The van der Waals surface area contributed by atoms with Crippen LogP contribution in [0, 0.1) is 12.8 Å². The Hall–Kier alpha value is -1.88. The molecule has 2 aliphatic rings. The molecule has 0 saturated carbocycles. The second-order valence-electron chi connectivity index (χ2n) is 6.80. The Morgan fingerprint density at radius 2 is 1.65 bits per heavy atom. The molecule has 5 nitrogen and oxygen atoms in total. The van der Waals surface area contributed by atoms with Gasteiger partial charge in [-0.25, -0.2) is 0 Å². The van der Waals surface area contributed by atoms with Gasteiger partial charge in [-0.3, -0.25) is 9.59 Å². The molecule has 0 N–H and O–H groups in total. The van der Waals surface area contributed by atoms with Gasteiger partial charge in [-0.1, -0.05) is 29.8 Å². The molecule has 1 aromatic carbocycles. The van der Waals surface area contributed by atoms with Gasteiger partial charge in [-0.15, -0.1) is 0 Å². The zero-order valence-corrected chi connectivity index (χ0v) is 14.2. The Kier molecular flexibility index (Phi) is 4.39. The molecule has 23 heavy (non-hydrogen) atoms. The Bertz CT molecular complexity index is 591. The van der Waals surface area contributed by atoms with Crippen LogP contribution in [0.4, 0.5) is 0 Å². The first-order chi connectivity index (χ1) is 11.0. The Balaban J connectivity index is 1.82. The molecule has 2 aliphatic heterocycles. The third kappa shape index (κ3) is 3.11. The summed E-state index contributed by atoms with van der Waals surface area (Å²) in [5.41, 5.74) is 2.24. The highest BCUT2D eigenvalue weighted by Crippen LogP contribution is 2.38. The van der Waals surface area contributed by atoms with Crippen LogP contribution in [0.2, 0.25) is 0 Å². The third-order valence-electron chi connectivity index (χ3n) is 5.14. The summed E-state index contributed by atoms with van der Waals surface area (Å²) in [5.74, 6) is -0.0805. The van der Waals surface area contributed by atoms with E-state index >= 15 is 0 Å². The predicted molar refractivity (Wildman–Crippen MR) is 88.9 cm³/mol. The molecule has 5 heteroatoms. The van der Waals surface area contributed by atoms with E-state index in [4.69, 9.17) is 0 Å². The van der Waals surface area contributed by atoms with Gasteiger partial charge in [0, 0.05) is 39.6 Å². The molecule has 0 spiro atoms. The van der Waals surface area contributed by atoms with E-state index in [1.165, 1.54) is 5.56 Å². The largest absolute Gasteiger partial charge is 0.340 e. The monoisotopic (exact) mass is 315 g/mol. The molecule has 2 saturated heterocycles. The number of carbonyl (C=O) groups excluding carboxylic acids is 2. The molecule has 0 bridgehead atoms. The maximum Gasteiger partial charge on any atom is 0.228 e. The van der Waals surface area contributed by atoms with Crippen LogP contribution >= 0.6 is 0 Å². The molecule has 0 aliphatic carbocycles. The second kappa shape index (κ2) is 6.32. The molecule has 124 valence electrons. The first kappa shape index (κ1) is 16.0. The molecule has 2 amide bonds. The molecule has 3 rings (SSSR count). The number of hydrogen-bond donors (Lipinski definition) is 0. The minimum Gasteiger partial charge on any atom is -0.340 e. The zero-order valence-electron chi connectivity index (χ0n) is 14.2. The van der Waals surface area contributed by atoms with E-state index < -0.39 is 0 Å². The van der Waals surface area contributed by atoms with Gasteiger partial charge in [0.1, 0.15) is 0 Å². The standard InChI is InChI=1S/C18H25N3O2/c1-13-4-6-14(7-5-13)17-15(12-16(22)20(17)3)18(23)21-10-8-19(2)9-11-21/h4-7,15,17H,8-12H2,1-3H3/t15-,17-/m0/s1. The molecular formula is C18H25N3O2. The van der Waals surface area contributed by atoms with E-state index in [-0.39, 0.29) is 23.8 Å². The average Bonchev–Trinajstić information content (AvgIpc) is 2.84. The van der Waals surface area contributed by atoms with Crippen LogP contribution < -0.4 is 0 Å². The molecule has 0 radical (unpaired) electrons. The summed E-state index contributed by atoms with van der Waals surface area (Å²) < 4.78 is 0. The van der Waals surface area contributed by atoms with Crippen molar-refractivity contribution in [3.63, 3.8) is 0 Å². The van der Waals surface area contributed by atoms with Crippen LogP contribution in [-0.2, 0) is 9.59 Å². The Morgan fingerprint density at radius 1 is 1.04 bits per heavy atom. The van der Waals surface area contributed by atoms with Gasteiger partial charge < -0.3 is 14.7 Å². The van der Waals surface area contributed by atoms with Crippen molar-refractivity contribution in [3.8, 4) is 0 Å². The summed E-state index contributed by atoms with van der Waals surface area (Å²) in [6.07, 6.45) is 0.320. The highest BCUT2D eigenvalue weighted by Gasteiger charge is 2.44. The van der Waals surface area contributed by atoms with Gasteiger partial charge in [0.2, 0.25) is 11.8 Å². The van der Waals surface area contributed by atoms with Gasteiger partial charge in [0.25, 0.3) is 0 Å². The van der Waals surface area contributed by atoms with Crippen molar-refractivity contribution in [1.29, 1.82) is 0 Å². The minimum absolute atomic E-state index is 0.0584. The highest BCUT2D eigenvalue weighted by atomic mass is 16.2. The second-order valence-corrected chi connectivity index (χ2v) is 6.80. The zero-order chi connectivity index (χ0) is 16.6. The normalized spacial score (nSPS) is 26.0. The fraction of sp³-hybridized carbons (Fsp3) is 0.556. The highest BCUT2D eigenvalue weighted by molar-refractivity contribution is 5.90. The number of piperazine rings is 1.